The Morgan fingerprint density at radius 3 is 2.94 bits per heavy atom. The first kappa shape index (κ1) is 12.0. The van der Waals surface area contributed by atoms with Crippen molar-refractivity contribution < 1.29 is 4.79 Å². The van der Waals surface area contributed by atoms with E-state index in [1.54, 1.807) is 6.20 Å². The SMILES string of the molecule is NCC(NC(=O)CCc1ccccn1)C1CC1. The van der Waals surface area contributed by atoms with Crippen LogP contribution in [0.2, 0.25) is 0 Å². The fraction of sp³-hybridized carbons (Fsp3) is 0.538. The number of hydrogen-bond donors (Lipinski definition) is 2. The Kier molecular flexibility index (Phi) is 4.09. The van der Waals surface area contributed by atoms with Crippen LogP contribution in [0, 0.1) is 5.92 Å². The van der Waals surface area contributed by atoms with Crippen LogP contribution in [0.15, 0.2) is 24.4 Å². The molecule has 1 amide bonds. The predicted octanol–water partition coefficient (Wildman–Crippen LogP) is 0.868. The van der Waals surface area contributed by atoms with E-state index in [2.05, 4.69) is 10.3 Å². The summed E-state index contributed by atoms with van der Waals surface area (Å²) in [5.74, 6) is 0.691. The molecule has 1 heterocycles. The van der Waals surface area contributed by atoms with Gasteiger partial charge in [0.2, 0.25) is 5.91 Å². The van der Waals surface area contributed by atoms with E-state index in [1.165, 1.54) is 12.8 Å². The molecule has 92 valence electrons. The first-order chi connectivity index (χ1) is 8.29. The number of carbonyl (C=O) groups is 1. The highest BCUT2D eigenvalue weighted by Gasteiger charge is 2.30. The predicted molar refractivity (Wildman–Crippen MR) is 66.3 cm³/mol. The largest absolute Gasteiger partial charge is 0.352 e. The van der Waals surface area contributed by atoms with Crippen molar-refractivity contribution in [3.8, 4) is 0 Å². The van der Waals surface area contributed by atoms with E-state index in [9.17, 15) is 4.79 Å². The molecule has 17 heavy (non-hydrogen) atoms. The van der Waals surface area contributed by atoms with Crippen molar-refractivity contribution in [3.63, 3.8) is 0 Å². The van der Waals surface area contributed by atoms with E-state index in [0.717, 1.165) is 5.69 Å². The van der Waals surface area contributed by atoms with Crippen molar-refractivity contribution in [2.45, 2.75) is 31.7 Å². The molecule has 1 unspecified atom stereocenters. The number of rotatable bonds is 6. The van der Waals surface area contributed by atoms with E-state index in [0.29, 0.717) is 25.3 Å². The van der Waals surface area contributed by atoms with Gasteiger partial charge in [-0.25, -0.2) is 0 Å². The summed E-state index contributed by atoms with van der Waals surface area (Å²) in [6.07, 6.45) is 5.32. The average Bonchev–Trinajstić information content (AvgIpc) is 3.19. The quantitative estimate of drug-likeness (QED) is 0.766. The number of pyridine rings is 1. The molecule has 1 aromatic heterocycles. The molecule has 0 saturated heterocycles. The molecule has 4 heteroatoms. The van der Waals surface area contributed by atoms with Gasteiger partial charge in [-0.2, -0.15) is 0 Å². The van der Waals surface area contributed by atoms with E-state index >= 15 is 0 Å². The van der Waals surface area contributed by atoms with Crippen molar-refractivity contribution in [1.29, 1.82) is 0 Å². The van der Waals surface area contributed by atoms with Crippen LogP contribution >= 0.6 is 0 Å². The van der Waals surface area contributed by atoms with Gasteiger partial charge in [0.15, 0.2) is 0 Å². The van der Waals surface area contributed by atoms with E-state index in [-0.39, 0.29) is 11.9 Å². The van der Waals surface area contributed by atoms with Crippen molar-refractivity contribution in [3.05, 3.63) is 30.1 Å². The number of amides is 1. The van der Waals surface area contributed by atoms with Crippen LogP contribution in [0.4, 0.5) is 0 Å². The van der Waals surface area contributed by atoms with Gasteiger partial charge in [-0.05, 0) is 37.3 Å². The molecule has 0 aromatic carbocycles. The van der Waals surface area contributed by atoms with Gasteiger partial charge in [0.1, 0.15) is 0 Å². The maximum atomic E-state index is 11.7. The molecule has 1 aromatic rings. The lowest BCUT2D eigenvalue weighted by molar-refractivity contribution is -0.121. The van der Waals surface area contributed by atoms with Gasteiger partial charge >= 0.3 is 0 Å². The van der Waals surface area contributed by atoms with Crippen LogP contribution in [0.25, 0.3) is 0 Å². The van der Waals surface area contributed by atoms with Gasteiger partial charge in [-0.15, -0.1) is 0 Å². The van der Waals surface area contributed by atoms with Gasteiger partial charge in [0.05, 0.1) is 0 Å². The highest BCUT2D eigenvalue weighted by Crippen LogP contribution is 2.32. The normalized spacial score (nSPS) is 16.5. The zero-order valence-corrected chi connectivity index (χ0v) is 9.93. The summed E-state index contributed by atoms with van der Waals surface area (Å²) in [5.41, 5.74) is 6.60. The summed E-state index contributed by atoms with van der Waals surface area (Å²) in [6, 6.07) is 5.93. The van der Waals surface area contributed by atoms with Gasteiger partial charge in [0.25, 0.3) is 0 Å². The minimum Gasteiger partial charge on any atom is -0.352 e. The van der Waals surface area contributed by atoms with E-state index in [1.807, 2.05) is 18.2 Å². The minimum absolute atomic E-state index is 0.0815. The number of nitrogens with two attached hydrogens (primary N) is 1. The molecule has 0 bridgehead atoms. The summed E-state index contributed by atoms with van der Waals surface area (Å²) >= 11 is 0. The smallest absolute Gasteiger partial charge is 0.220 e. The van der Waals surface area contributed by atoms with Crippen LogP contribution in [-0.2, 0) is 11.2 Å². The number of nitrogens with zero attached hydrogens (tertiary/aromatic N) is 1. The lowest BCUT2D eigenvalue weighted by Gasteiger charge is -2.15. The zero-order valence-electron chi connectivity index (χ0n) is 9.93. The van der Waals surface area contributed by atoms with Crippen LogP contribution in [0.5, 0.6) is 0 Å². The van der Waals surface area contributed by atoms with Crippen molar-refractivity contribution in [2.75, 3.05) is 6.54 Å². The minimum atomic E-state index is 0.0815. The Hall–Kier alpha value is -1.42. The van der Waals surface area contributed by atoms with Crippen molar-refractivity contribution >= 4 is 5.91 Å². The summed E-state index contributed by atoms with van der Waals surface area (Å²) in [5, 5.41) is 3.01. The molecular weight excluding hydrogens is 214 g/mol. The van der Waals surface area contributed by atoms with Gasteiger partial charge in [-0.3, -0.25) is 9.78 Å². The number of hydrogen-bond acceptors (Lipinski definition) is 3. The second kappa shape index (κ2) is 5.77. The third-order valence-electron chi connectivity index (χ3n) is 3.13. The van der Waals surface area contributed by atoms with E-state index < -0.39 is 0 Å². The zero-order chi connectivity index (χ0) is 12.1. The second-order valence-electron chi connectivity index (χ2n) is 4.57. The Bertz CT molecular complexity index is 362. The van der Waals surface area contributed by atoms with Crippen LogP contribution in [0.3, 0.4) is 0 Å². The topological polar surface area (TPSA) is 68.0 Å². The first-order valence-corrected chi connectivity index (χ1v) is 6.19. The van der Waals surface area contributed by atoms with E-state index in [4.69, 9.17) is 5.73 Å². The summed E-state index contributed by atoms with van der Waals surface area (Å²) in [4.78, 5) is 15.9. The van der Waals surface area contributed by atoms with Gasteiger partial charge in [0, 0.05) is 30.9 Å². The average molecular weight is 233 g/mol. The number of aromatic nitrogens is 1. The lowest BCUT2D eigenvalue weighted by Crippen LogP contribution is -2.41. The van der Waals surface area contributed by atoms with Crippen LogP contribution < -0.4 is 11.1 Å². The maximum Gasteiger partial charge on any atom is 0.220 e. The molecule has 0 spiro atoms. The molecule has 0 radical (unpaired) electrons. The maximum absolute atomic E-state index is 11.7. The third kappa shape index (κ3) is 3.82. The number of aryl methyl sites for hydroxylation is 1. The Labute approximate surface area is 102 Å². The van der Waals surface area contributed by atoms with Crippen molar-refractivity contribution in [1.82, 2.24) is 10.3 Å². The molecular formula is C13H19N3O. The third-order valence-corrected chi connectivity index (χ3v) is 3.13. The molecule has 1 aliphatic rings. The molecule has 1 saturated carbocycles. The van der Waals surface area contributed by atoms with Crippen molar-refractivity contribution in [2.24, 2.45) is 11.7 Å². The highest BCUT2D eigenvalue weighted by atomic mass is 16.1. The fourth-order valence-corrected chi connectivity index (χ4v) is 1.93. The monoisotopic (exact) mass is 233 g/mol. The molecule has 0 aliphatic heterocycles. The van der Waals surface area contributed by atoms with Gasteiger partial charge in [-0.1, -0.05) is 6.07 Å². The summed E-state index contributed by atoms with van der Waals surface area (Å²) < 4.78 is 0. The molecule has 1 atom stereocenters. The van der Waals surface area contributed by atoms with Gasteiger partial charge < -0.3 is 11.1 Å². The fourth-order valence-electron chi connectivity index (χ4n) is 1.93. The molecule has 1 fully saturated rings. The van der Waals surface area contributed by atoms with Crippen LogP contribution in [-0.4, -0.2) is 23.5 Å². The number of nitrogens with one attached hydrogen (secondary N) is 1. The Morgan fingerprint density at radius 1 is 1.53 bits per heavy atom. The van der Waals surface area contributed by atoms with Crippen LogP contribution in [0.1, 0.15) is 25.0 Å². The second-order valence-corrected chi connectivity index (χ2v) is 4.57. The Morgan fingerprint density at radius 2 is 2.35 bits per heavy atom. The molecule has 4 nitrogen and oxygen atoms in total. The number of carbonyl (C=O) groups excluding carboxylic acids is 1. The highest BCUT2D eigenvalue weighted by molar-refractivity contribution is 5.76. The standard InChI is InChI=1S/C13H19N3O/c14-9-12(10-4-5-10)16-13(17)7-6-11-3-1-2-8-15-11/h1-3,8,10,12H,4-7,9,14H2,(H,16,17). The Balaban J connectivity index is 1.73. The summed E-state index contributed by atoms with van der Waals surface area (Å²) in [7, 11) is 0. The lowest BCUT2D eigenvalue weighted by atomic mass is 10.1. The molecule has 3 N–H and O–H groups in total. The molecule has 1 aliphatic carbocycles. The summed E-state index contributed by atoms with van der Waals surface area (Å²) in [6.45, 7) is 0.542. The molecule has 2 rings (SSSR count). The first-order valence-electron chi connectivity index (χ1n) is 6.19.